The molecule has 2 bridgehead atoms. The van der Waals surface area contributed by atoms with Gasteiger partial charge in [0.2, 0.25) is 11.8 Å². The van der Waals surface area contributed by atoms with E-state index in [1.807, 2.05) is 0 Å². The molecule has 2 amide bonds. The molecule has 7 atom stereocenters. The van der Waals surface area contributed by atoms with Crippen molar-refractivity contribution in [3.63, 3.8) is 0 Å². The molecule has 7 rings (SSSR count). The molecule has 2 saturated heterocycles. The molecule has 4 N–H and O–H groups in total. The highest BCUT2D eigenvalue weighted by atomic mass is 16.2. The number of nitrogens with two attached hydrogens (primary N) is 1. The monoisotopic (exact) mass is 482 g/mol. The summed E-state index contributed by atoms with van der Waals surface area (Å²) in [5.74, 6) is 2.02. The van der Waals surface area contributed by atoms with E-state index in [0.29, 0.717) is 29.3 Å². The average Bonchev–Trinajstić information content (AvgIpc) is 2.98. The van der Waals surface area contributed by atoms with E-state index < -0.39 is 0 Å². The van der Waals surface area contributed by atoms with E-state index in [1.54, 1.807) is 5.57 Å². The fraction of sp³-hybridized carbons (Fsp3) is 0.862. The molecular formula is C29H46N4O2. The Morgan fingerprint density at radius 3 is 2.71 bits per heavy atom. The van der Waals surface area contributed by atoms with Crippen LogP contribution in [0.1, 0.15) is 89.9 Å². The number of rotatable bonds is 5. The predicted molar refractivity (Wildman–Crippen MR) is 137 cm³/mol. The highest BCUT2D eigenvalue weighted by molar-refractivity contribution is 5.82. The molecule has 194 valence electrons. The first-order chi connectivity index (χ1) is 17.0. The number of carbonyl (C=O) groups is 2. The third kappa shape index (κ3) is 4.47. The summed E-state index contributed by atoms with van der Waals surface area (Å²) in [5.41, 5.74) is 7.96. The highest BCUT2D eigenvalue weighted by Gasteiger charge is 2.53. The molecule has 7 aliphatic rings. The van der Waals surface area contributed by atoms with Crippen molar-refractivity contribution < 1.29 is 9.59 Å². The summed E-state index contributed by atoms with van der Waals surface area (Å²) < 4.78 is 0. The zero-order valence-electron chi connectivity index (χ0n) is 21.5. The van der Waals surface area contributed by atoms with Crippen LogP contribution in [0.4, 0.5) is 0 Å². The molecule has 5 fully saturated rings. The van der Waals surface area contributed by atoms with Gasteiger partial charge in [0, 0.05) is 24.5 Å². The van der Waals surface area contributed by atoms with Crippen molar-refractivity contribution in [2.45, 2.75) is 108 Å². The molecule has 3 saturated carbocycles. The first kappa shape index (κ1) is 24.0. The summed E-state index contributed by atoms with van der Waals surface area (Å²) in [7, 11) is 0. The van der Waals surface area contributed by atoms with Crippen molar-refractivity contribution in [1.82, 2.24) is 15.5 Å². The summed E-state index contributed by atoms with van der Waals surface area (Å²) in [4.78, 5) is 28.5. The van der Waals surface area contributed by atoms with Gasteiger partial charge in [-0.15, -0.1) is 0 Å². The lowest BCUT2D eigenvalue weighted by Crippen LogP contribution is -2.55. The van der Waals surface area contributed by atoms with Gasteiger partial charge >= 0.3 is 0 Å². The maximum absolute atomic E-state index is 13.7. The first-order valence-electron chi connectivity index (χ1n) is 14.8. The largest absolute Gasteiger partial charge is 0.369 e. The topological polar surface area (TPSA) is 87.5 Å². The number of fused-ring (bicyclic) bond motifs is 4. The van der Waals surface area contributed by atoms with Crippen molar-refractivity contribution in [2.75, 3.05) is 19.6 Å². The molecule has 0 aromatic carbocycles. The number of hydrogen-bond donors (Lipinski definition) is 3. The van der Waals surface area contributed by atoms with E-state index in [2.05, 4.69) is 21.6 Å². The molecule has 6 heteroatoms. The number of piperidine rings is 1. The standard InChI is InChI=1S/C29H46N4O2/c30-27(34)21-7-6-20-16-26(28(35)32-24-9-13-31-14-10-24)33(25(20)17-21)18-23-5-1-4-22-15-19-3-2-11-29(22,23)12-8-19/h15,20-26,31H,1-14,16-18H2,(H2,30,34)(H,32,35). The van der Waals surface area contributed by atoms with Crippen molar-refractivity contribution in [3.8, 4) is 0 Å². The van der Waals surface area contributed by atoms with Crippen LogP contribution in [-0.4, -0.2) is 54.5 Å². The average molecular weight is 483 g/mol. The molecule has 1 spiro atoms. The molecule has 35 heavy (non-hydrogen) atoms. The molecule has 0 aromatic heterocycles. The van der Waals surface area contributed by atoms with Crippen LogP contribution in [0.2, 0.25) is 0 Å². The van der Waals surface area contributed by atoms with Gasteiger partial charge in [-0.2, -0.15) is 0 Å². The summed E-state index contributed by atoms with van der Waals surface area (Å²) in [6.45, 7) is 3.02. The van der Waals surface area contributed by atoms with Crippen LogP contribution in [0.25, 0.3) is 0 Å². The fourth-order valence-corrected chi connectivity index (χ4v) is 9.34. The van der Waals surface area contributed by atoms with Crippen molar-refractivity contribution >= 4 is 11.8 Å². The molecule has 5 aliphatic carbocycles. The van der Waals surface area contributed by atoms with Gasteiger partial charge in [0.15, 0.2) is 0 Å². The number of carbonyl (C=O) groups excluding carboxylic acids is 2. The minimum Gasteiger partial charge on any atom is -0.369 e. The van der Waals surface area contributed by atoms with Gasteiger partial charge in [0.1, 0.15) is 0 Å². The predicted octanol–water partition coefficient (Wildman–Crippen LogP) is 3.51. The van der Waals surface area contributed by atoms with Gasteiger partial charge in [-0.1, -0.05) is 18.1 Å². The van der Waals surface area contributed by atoms with Gasteiger partial charge in [0.05, 0.1) is 6.04 Å². The minimum absolute atomic E-state index is 0.0275. The highest BCUT2D eigenvalue weighted by Crippen LogP contribution is 2.58. The Morgan fingerprint density at radius 1 is 1.03 bits per heavy atom. The van der Waals surface area contributed by atoms with E-state index in [1.165, 1.54) is 51.4 Å². The van der Waals surface area contributed by atoms with Gasteiger partial charge in [0.25, 0.3) is 0 Å². The van der Waals surface area contributed by atoms with Crippen LogP contribution in [0.3, 0.4) is 0 Å². The zero-order chi connectivity index (χ0) is 24.0. The van der Waals surface area contributed by atoms with E-state index in [-0.39, 0.29) is 23.8 Å². The number of nitrogens with one attached hydrogen (secondary N) is 2. The van der Waals surface area contributed by atoms with Crippen LogP contribution in [-0.2, 0) is 9.59 Å². The quantitative estimate of drug-likeness (QED) is 0.524. The Labute approximate surface area is 211 Å². The fourth-order valence-electron chi connectivity index (χ4n) is 9.34. The van der Waals surface area contributed by atoms with E-state index in [0.717, 1.165) is 64.1 Å². The lowest BCUT2D eigenvalue weighted by atomic mass is 9.55. The Bertz CT molecular complexity index is 852. The number of nitrogens with zero attached hydrogens (tertiary/aromatic N) is 1. The maximum Gasteiger partial charge on any atom is 0.237 e. The second-order valence-corrected chi connectivity index (χ2v) is 12.9. The number of primary amides is 1. The summed E-state index contributed by atoms with van der Waals surface area (Å²) in [6, 6.07) is 0.596. The van der Waals surface area contributed by atoms with Crippen molar-refractivity contribution in [2.24, 2.45) is 34.8 Å². The normalized spacial score (nSPS) is 42.0. The second kappa shape index (κ2) is 9.81. The van der Waals surface area contributed by atoms with Crippen LogP contribution in [0.5, 0.6) is 0 Å². The van der Waals surface area contributed by atoms with Crippen LogP contribution >= 0.6 is 0 Å². The Balaban J connectivity index is 1.25. The minimum atomic E-state index is -0.143. The molecule has 0 radical (unpaired) electrons. The molecular weight excluding hydrogens is 436 g/mol. The van der Waals surface area contributed by atoms with Crippen LogP contribution < -0.4 is 16.4 Å². The zero-order valence-corrected chi connectivity index (χ0v) is 21.5. The van der Waals surface area contributed by atoms with Crippen LogP contribution in [0, 0.1) is 29.1 Å². The summed E-state index contributed by atoms with van der Waals surface area (Å²) in [6.07, 6.45) is 19.1. The molecule has 7 unspecified atom stereocenters. The lowest BCUT2D eigenvalue weighted by molar-refractivity contribution is -0.128. The smallest absolute Gasteiger partial charge is 0.237 e. The number of hydrogen-bond acceptors (Lipinski definition) is 4. The molecule has 2 heterocycles. The third-order valence-corrected chi connectivity index (χ3v) is 11.2. The Hall–Kier alpha value is -1.40. The number of likely N-dealkylation sites (tertiary alicyclic amines) is 1. The van der Waals surface area contributed by atoms with Gasteiger partial charge < -0.3 is 16.4 Å². The second-order valence-electron chi connectivity index (χ2n) is 12.9. The maximum atomic E-state index is 13.7. The summed E-state index contributed by atoms with van der Waals surface area (Å²) >= 11 is 0. The van der Waals surface area contributed by atoms with Gasteiger partial charge in [-0.3, -0.25) is 14.5 Å². The SMILES string of the molecule is NC(=O)C1CCC2CC(C(=O)NC3CCNCC3)N(CC3CCCC4C=C5CCCC43CC5)C2C1. The number of allylic oxidation sites excluding steroid dienone is 2. The van der Waals surface area contributed by atoms with Gasteiger partial charge in [-0.25, -0.2) is 0 Å². The van der Waals surface area contributed by atoms with E-state index >= 15 is 0 Å². The summed E-state index contributed by atoms with van der Waals surface area (Å²) in [5, 5.41) is 6.86. The Morgan fingerprint density at radius 2 is 1.89 bits per heavy atom. The molecule has 2 aliphatic heterocycles. The van der Waals surface area contributed by atoms with Crippen LogP contribution in [0.15, 0.2) is 11.6 Å². The van der Waals surface area contributed by atoms with Crippen molar-refractivity contribution in [1.29, 1.82) is 0 Å². The van der Waals surface area contributed by atoms with Gasteiger partial charge in [-0.05, 0) is 120 Å². The molecule has 6 nitrogen and oxygen atoms in total. The number of amides is 2. The Kier molecular flexibility index (Phi) is 6.72. The molecule has 0 aromatic rings. The van der Waals surface area contributed by atoms with E-state index in [9.17, 15) is 9.59 Å². The van der Waals surface area contributed by atoms with Crippen molar-refractivity contribution in [3.05, 3.63) is 11.6 Å². The first-order valence-corrected chi connectivity index (χ1v) is 14.8. The van der Waals surface area contributed by atoms with E-state index in [4.69, 9.17) is 5.73 Å². The third-order valence-electron chi connectivity index (χ3n) is 11.2. The lowest BCUT2D eigenvalue weighted by Gasteiger charge is -2.52.